The first-order valence-electron chi connectivity index (χ1n) is 24.0. The first-order valence-corrected chi connectivity index (χ1v) is 28.8. The lowest BCUT2D eigenvalue weighted by molar-refractivity contribution is -0.386. The molecule has 69 heavy (non-hydrogen) atoms. The molecule has 14 nitrogen and oxygen atoms in total. The Kier molecular flexibility index (Phi) is 14.7. The fourth-order valence-corrected chi connectivity index (χ4v) is 11.9. The van der Waals surface area contributed by atoms with E-state index in [4.69, 9.17) is 25.5 Å². The summed E-state index contributed by atoms with van der Waals surface area (Å²) in [7, 11) is -6.51. The van der Waals surface area contributed by atoms with Gasteiger partial charge in [-0.3, -0.25) is 19.8 Å². The first-order chi connectivity index (χ1) is 32.6. The number of aromatic nitrogens is 2. The van der Waals surface area contributed by atoms with Crippen LogP contribution in [-0.2, 0) is 14.4 Å². The van der Waals surface area contributed by atoms with Crippen LogP contribution in [0.15, 0.2) is 95.7 Å². The zero-order chi connectivity index (χ0) is 49.3. The molecule has 2 aromatic heterocycles. The van der Waals surface area contributed by atoms with Crippen molar-refractivity contribution in [1.82, 2.24) is 19.6 Å². The zero-order valence-corrected chi connectivity index (χ0v) is 43.3. The molecule has 0 bridgehead atoms. The van der Waals surface area contributed by atoms with Crippen molar-refractivity contribution in [3.8, 4) is 17.2 Å². The number of allylic oxidation sites excluding steroid dienone is 1. The molecular weight excluding hydrogens is 932 g/mol. The summed E-state index contributed by atoms with van der Waals surface area (Å²) in [6, 6.07) is 20.3. The number of sulfonamides is 1. The Morgan fingerprint density at radius 2 is 1.70 bits per heavy atom. The van der Waals surface area contributed by atoms with Crippen LogP contribution in [0.4, 0.5) is 11.4 Å². The smallest absolute Gasteiger partial charge is 0.312 e. The monoisotopic (exact) mass is 996 g/mol. The maximum Gasteiger partial charge on any atom is 0.312 e. The molecule has 368 valence electrons. The number of nitrogens with one attached hydrogen (secondary N) is 2. The van der Waals surface area contributed by atoms with Crippen molar-refractivity contribution >= 4 is 63.8 Å². The Morgan fingerprint density at radius 3 is 2.39 bits per heavy atom. The lowest BCUT2D eigenvalue weighted by Crippen LogP contribution is -2.47. The van der Waals surface area contributed by atoms with Crippen LogP contribution in [0.5, 0.6) is 17.2 Å². The van der Waals surface area contributed by atoms with Crippen LogP contribution in [0, 0.1) is 21.4 Å². The summed E-state index contributed by atoms with van der Waals surface area (Å²) in [6.07, 6.45) is 10.1. The van der Waals surface area contributed by atoms with Gasteiger partial charge in [0.05, 0.1) is 28.2 Å². The number of halogens is 1. The SMILES string of the molecule is CC1(C)CCC(CN2CCN(c3ccc(C(=O)NS(=O)(=O)c4ccc(OCC5CCC(O[Si](C)(C)C(C)(C)C)CC5)c([N+](=O)[O-])c4)c(Oc4cnc5[nH]ccc5c4)c3)CC2)=C(c2ccc(Cl)cc2)C1. The number of hydrogen-bond donors (Lipinski definition) is 2. The fourth-order valence-electron chi connectivity index (χ4n) is 9.36. The van der Waals surface area contributed by atoms with Gasteiger partial charge in [-0.2, -0.15) is 0 Å². The highest BCUT2D eigenvalue weighted by Crippen LogP contribution is 2.44. The standard InChI is InChI=1S/C52H65ClN6O8SSi/c1-51(2,3)69(6,7)67-41-15-8-35(9-16-41)34-65-47-19-17-43(30-46(47)59(61)62)68(63,64)56-50(60)44-18-14-40(29-48(44)66-42-28-37-21-23-54-49(37)55-32-42)58-26-24-57(25-27-58)33-38-20-22-52(4,5)31-45(38)36-10-12-39(53)13-11-36/h10-14,17-19,21,23,28-30,32,35,41H,8-9,15-16,20,22,24-27,31,33-34H2,1-7H3,(H,54,55)(H,56,60). The molecule has 0 unspecified atom stereocenters. The van der Waals surface area contributed by atoms with E-state index in [9.17, 15) is 23.3 Å². The molecule has 0 radical (unpaired) electrons. The van der Waals surface area contributed by atoms with E-state index in [2.05, 4.69) is 84.3 Å². The highest BCUT2D eigenvalue weighted by Gasteiger charge is 2.40. The molecule has 3 heterocycles. The van der Waals surface area contributed by atoms with Gasteiger partial charge >= 0.3 is 5.69 Å². The second-order valence-corrected chi connectivity index (χ2v) is 28.1. The number of fused-ring (bicyclic) bond motifs is 1. The Bertz CT molecular complexity index is 2830. The van der Waals surface area contributed by atoms with Crippen molar-refractivity contribution in [3.05, 3.63) is 117 Å². The van der Waals surface area contributed by atoms with Crippen molar-refractivity contribution < 1.29 is 32.0 Å². The summed E-state index contributed by atoms with van der Waals surface area (Å²) < 4.78 is 48.8. The summed E-state index contributed by atoms with van der Waals surface area (Å²) in [5.41, 5.74) is 5.23. The van der Waals surface area contributed by atoms with E-state index >= 15 is 0 Å². The van der Waals surface area contributed by atoms with Gasteiger partial charge in [0.15, 0.2) is 14.1 Å². The molecule has 0 spiro atoms. The normalized spacial score (nSPS) is 19.4. The number of nitro benzene ring substituents is 1. The van der Waals surface area contributed by atoms with Crippen LogP contribution in [-0.4, -0.2) is 87.9 Å². The van der Waals surface area contributed by atoms with E-state index < -0.39 is 39.8 Å². The molecule has 0 atom stereocenters. The molecule has 8 rings (SSSR count). The van der Waals surface area contributed by atoms with Gasteiger partial charge in [0.25, 0.3) is 15.9 Å². The highest BCUT2D eigenvalue weighted by molar-refractivity contribution is 7.90. The number of ether oxygens (including phenoxy) is 2. The third-order valence-corrected chi connectivity index (χ3v) is 20.7. The van der Waals surface area contributed by atoms with E-state index in [1.807, 2.05) is 18.2 Å². The van der Waals surface area contributed by atoms with Gasteiger partial charge in [0.1, 0.15) is 17.1 Å². The molecule has 1 amide bonds. The second-order valence-electron chi connectivity index (χ2n) is 21.2. The number of nitro groups is 1. The summed E-state index contributed by atoms with van der Waals surface area (Å²) in [6.45, 7) is 20.1. The van der Waals surface area contributed by atoms with Crippen LogP contribution < -0.4 is 19.1 Å². The average Bonchev–Trinajstić information content (AvgIpc) is 3.77. The summed E-state index contributed by atoms with van der Waals surface area (Å²) in [5, 5.41) is 13.9. The number of amides is 1. The quantitative estimate of drug-likeness (QED) is 0.0581. The van der Waals surface area contributed by atoms with Gasteiger partial charge < -0.3 is 23.8 Å². The molecule has 1 aliphatic heterocycles. The van der Waals surface area contributed by atoms with Gasteiger partial charge in [0, 0.05) is 73.3 Å². The number of carbonyl (C=O) groups excluding carboxylic acids is 1. The van der Waals surface area contributed by atoms with Crippen molar-refractivity contribution in [1.29, 1.82) is 0 Å². The largest absolute Gasteiger partial charge is 0.487 e. The number of piperazine rings is 1. The number of hydrogen-bond acceptors (Lipinski definition) is 11. The summed E-state index contributed by atoms with van der Waals surface area (Å²) in [5.74, 6) is -0.361. The number of carbonyl (C=O) groups is 1. The van der Waals surface area contributed by atoms with Crippen LogP contribution in [0.3, 0.4) is 0 Å². The van der Waals surface area contributed by atoms with Crippen molar-refractivity contribution in [2.24, 2.45) is 11.3 Å². The van der Waals surface area contributed by atoms with Gasteiger partial charge in [-0.25, -0.2) is 18.1 Å². The van der Waals surface area contributed by atoms with Gasteiger partial charge in [-0.15, -0.1) is 0 Å². The highest BCUT2D eigenvalue weighted by atomic mass is 35.5. The zero-order valence-electron chi connectivity index (χ0n) is 40.8. The third kappa shape index (κ3) is 12.0. The van der Waals surface area contributed by atoms with Crippen LogP contribution in [0.2, 0.25) is 23.2 Å². The van der Waals surface area contributed by atoms with Crippen molar-refractivity contribution in [3.63, 3.8) is 0 Å². The van der Waals surface area contributed by atoms with Gasteiger partial charge in [-0.05, 0) is 134 Å². The van der Waals surface area contributed by atoms with Crippen LogP contribution >= 0.6 is 11.6 Å². The minimum Gasteiger partial charge on any atom is -0.487 e. The van der Waals surface area contributed by atoms with E-state index in [1.54, 1.807) is 30.5 Å². The van der Waals surface area contributed by atoms with Crippen LogP contribution in [0.1, 0.15) is 95.5 Å². The summed E-state index contributed by atoms with van der Waals surface area (Å²) >= 11 is 6.26. The number of aromatic amines is 1. The molecule has 1 saturated carbocycles. The molecule has 2 fully saturated rings. The number of nitrogens with zero attached hydrogens (tertiary/aromatic N) is 4. The number of pyridine rings is 1. The number of H-pyrrole nitrogens is 1. The molecule has 17 heteroatoms. The van der Waals surface area contributed by atoms with Crippen LogP contribution in [0.25, 0.3) is 16.6 Å². The fraction of sp³-hybridized carbons (Fsp3) is 0.462. The predicted molar refractivity (Wildman–Crippen MR) is 275 cm³/mol. The van der Waals surface area contributed by atoms with E-state index in [1.165, 1.54) is 35.0 Å². The maximum atomic E-state index is 14.0. The topological polar surface area (TPSA) is 169 Å². The Hall–Kier alpha value is -5.26. The minimum absolute atomic E-state index is 0.0390. The third-order valence-electron chi connectivity index (χ3n) is 14.5. The number of rotatable bonds is 15. The average molecular weight is 998 g/mol. The Morgan fingerprint density at radius 1 is 0.971 bits per heavy atom. The van der Waals surface area contributed by atoms with E-state index in [0.29, 0.717) is 11.4 Å². The molecule has 3 aromatic carbocycles. The molecular formula is C52H65ClN6O8SSi. The Balaban J connectivity index is 0.956. The summed E-state index contributed by atoms with van der Waals surface area (Å²) in [4.78, 5) is 37.4. The lowest BCUT2D eigenvalue weighted by Gasteiger charge is -2.41. The molecule has 2 aliphatic carbocycles. The minimum atomic E-state index is -4.61. The Labute approximate surface area is 412 Å². The van der Waals surface area contributed by atoms with Crippen molar-refractivity contribution in [2.75, 3.05) is 44.2 Å². The molecule has 3 aliphatic rings. The van der Waals surface area contributed by atoms with Gasteiger partial charge in [-0.1, -0.05) is 63.9 Å². The second kappa shape index (κ2) is 20.2. The predicted octanol–water partition coefficient (Wildman–Crippen LogP) is 11.8. The molecule has 1 saturated heterocycles. The maximum absolute atomic E-state index is 14.0. The molecule has 5 aromatic rings. The lowest BCUT2D eigenvalue weighted by atomic mass is 9.72. The van der Waals surface area contributed by atoms with Crippen molar-refractivity contribution in [2.45, 2.75) is 109 Å². The molecule has 2 N–H and O–H groups in total. The first kappa shape index (κ1) is 50.1. The van der Waals surface area contributed by atoms with Gasteiger partial charge in [0.2, 0.25) is 0 Å². The van der Waals surface area contributed by atoms with E-state index in [-0.39, 0.29) is 46.1 Å². The van der Waals surface area contributed by atoms with E-state index in [0.717, 1.165) is 99.8 Å². The number of benzene rings is 3. The number of anilines is 1.